The summed E-state index contributed by atoms with van der Waals surface area (Å²) in [5.41, 5.74) is 0. The first kappa shape index (κ1) is 71.5. The Bertz CT molecular complexity index is 1840. The predicted molar refractivity (Wildman–Crippen MR) is 334 cm³/mol. The first-order valence-corrected chi connectivity index (χ1v) is 30.3. The standard InChI is InChI=1S/C71H108O6/c1-4-7-10-13-15-17-19-21-23-25-27-29-31-33-34-35-36-38-39-41-43-45-47-49-51-53-55-58-61-64-70(73)76-67-68(66-75-69(72)63-60-57-12-9-6-3)77-71(74)65-62-59-56-54-52-50-48-46-44-42-40-37-32-30-28-26-24-22-20-18-16-14-11-8-5-2/h7-8,10-11,15-18,21-24,27-30,33-34,36-38,40-41,43-44,46-47,49-50,52,68H,4-6,9,12-14,19-20,25-26,31-32,35,39,42,45,48,51,53-67H2,1-3H3/b10-7-,11-8-,17-15-,18-16-,23-21-,24-22-,29-27-,30-28-,34-33-,38-36-,40-37-,43-41-,46-44-,49-47-,52-50-. The van der Waals surface area contributed by atoms with Gasteiger partial charge in [-0.3, -0.25) is 14.4 Å². The zero-order chi connectivity index (χ0) is 55.7. The number of ether oxygens (including phenoxy) is 3. The molecule has 0 aromatic rings. The first-order chi connectivity index (χ1) is 38.0. The van der Waals surface area contributed by atoms with E-state index in [2.05, 4.69) is 203 Å². The van der Waals surface area contributed by atoms with E-state index in [1.807, 2.05) is 0 Å². The lowest BCUT2D eigenvalue weighted by Crippen LogP contribution is -2.30. The summed E-state index contributed by atoms with van der Waals surface area (Å²) in [4.78, 5) is 37.9. The number of allylic oxidation sites excluding steroid dienone is 30. The molecule has 0 aromatic heterocycles. The van der Waals surface area contributed by atoms with Crippen LogP contribution in [0.3, 0.4) is 0 Å². The Morgan fingerprint density at radius 1 is 0.273 bits per heavy atom. The van der Waals surface area contributed by atoms with Crippen molar-refractivity contribution in [2.24, 2.45) is 0 Å². The highest BCUT2D eigenvalue weighted by Gasteiger charge is 2.19. The van der Waals surface area contributed by atoms with E-state index in [9.17, 15) is 14.4 Å². The largest absolute Gasteiger partial charge is 0.462 e. The molecule has 0 radical (unpaired) electrons. The average Bonchev–Trinajstić information content (AvgIpc) is 3.43. The molecule has 0 amide bonds. The molecule has 0 bridgehead atoms. The van der Waals surface area contributed by atoms with Crippen LogP contribution in [0, 0.1) is 0 Å². The van der Waals surface area contributed by atoms with Crippen molar-refractivity contribution in [3.05, 3.63) is 182 Å². The van der Waals surface area contributed by atoms with Crippen LogP contribution in [0.25, 0.3) is 0 Å². The zero-order valence-corrected chi connectivity index (χ0v) is 48.9. The molecular formula is C71H108O6. The Balaban J connectivity index is 4.27. The highest BCUT2D eigenvalue weighted by Crippen LogP contribution is 2.12. The van der Waals surface area contributed by atoms with Gasteiger partial charge in [0.2, 0.25) is 0 Å². The van der Waals surface area contributed by atoms with Crippen molar-refractivity contribution < 1.29 is 28.6 Å². The third-order valence-electron chi connectivity index (χ3n) is 11.9. The molecule has 0 aliphatic heterocycles. The van der Waals surface area contributed by atoms with Gasteiger partial charge in [0.25, 0.3) is 0 Å². The molecule has 0 N–H and O–H groups in total. The van der Waals surface area contributed by atoms with Crippen molar-refractivity contribution in [1.82, 2.24) is 0 Å². The molecule has 1 atom stereocenters. The summed E-state index contributed by atoms with van der Waals surface area (Å²) >= 11 is 0. The van der Waals surface area contributed by atoms with Gasteiger partial charge in [-0.25, -0.2) is 0 Å². The van der Waals surface area contributed by atoms with Crippen LogP contribution in [0.4, 0.5) is 0 Å². The second-order valence-corrected chi connectivity index (χ2v) is 19.1. The second kappa shape index (κ2) is 63.0. The molecule has 6 heteroatoms. The van der Waals surface area contributed by atoms with Crippen LogP contribution in [0.5, 0.6) is 0 Å². The molecule has 0 aliphatic rings. The Labute approximate surface area is 472 Å². The van der Waals surface area contributed by atoms with Gasteiger partial charge in [0.05, 0.1) is 0 Å². The molecule has 6 nitrogen and oxygen atoms in total. The van der Waals surface area contributed by atoms with E-state index in [4.69, 9.17) is 14.2 Å². The van der Waals surface area contributed by atoms with Gasteiger partial charge in [0, 0.05) is 19.3 Å². The average molecular weight is 1060 g/mol. The predicted octanol–water partition coefficient (Wildman–Crippen LogP) is 20.9. The summed E-state index contributed by atoms with van der Waals surface area (Å²) in [6, 6.07) is 0. The molecule has 0 saturated carbocycles. The number of rotatable bonds is 52. The highest BCUT2D eigenvalue weighted by atomic mass is 16.6. The SMILES string of the molecule is CC/C=C\C/C=C\C/C=C\C/C=C\C/C=C\C/C=C\C/C=C\C/C=C\CCCCCCC(=O)OCC(COC(=O)CCCCCCC)OC(=O)CCCCC/C=C\C/C=C\C/C=C\C/C=C\C/C=C\C/C=C\C/C=C\CC. The minimum Gasteiger partial charge on any atom is -0.462 e. The van der Waals surface area contributed by atoms with E-state index in [0.717, 1.165) is 180 Å². The van der Waals surface area contributed by atoms with Crippen LogP contribution in [-0.4, -0.2) is 37.2 Å². The maximum atomic E-state index is 12.8. The van der Waals surface area contributed by atoms with Crippen molar-refractivity contribution in [2.75, 3.05) is 13.2 Å². The highest BCUT2D eigenvalue weighted by molar-refractivity contribution is 5.71. The van der Waals surface area contributed by atoms with Crippen molar-refractivity contribution in [3.8, 4) is 0 Å². The fourth-order valence-corrected chi connectivity index (χ4v) is 7.44. The number of hydrogen-bond donors (Lipinski definition) is 0. The molecule has 0 heterocycles. The minimum absolute atomic E-state index is 0.110. The number of esters is 3. The fourth-order valence-electron chi connectivity index (χ4n) is 7.44. The second-order valence-electron chi connectivity index (χ2n) is 19.1. The summed E-state index contributed by atoms with van der Waals surface area (Å²) in [6.07, 6.45) is 95.0. The maximum absolute atomic E-state index is 12.8. The summed E-state index contributed by atoms with van der Waals surface area (Å²) in [7, 11) is 0. The normalized spacial score (nSPS) is 13.4. The molecule has 0 aromatic carbocycles. The number of carbonyl (C=O) groups is 3. The van der Waals surface area contributed by atoms with E-state index in [-0.39, 0.29) is 37.5 Å². The topological polar surface area (TPSA) is 78.9 Å². The van der Waals surface area contributed by atoms with Crippen LogP contribution in [0.1, 0.15) is 226 Å². The minimum atomic E-state index is -0.814. The lowest BCUT2D eigenvalue weighted by Gasteiger charge is -2.18. The van der Waals surface area contributed by atoms with Gasteiger partial charge in [-0.2, -0.15) is 0 Å². The van der Waals surface area contributed by atoms with Crippen molar-refractivity contribution in [3.63, 3.8) is 0 Å². The number of hydrogen-bond acceptors (Lipinski definition) is 6. The summed E-state index contributed by atoms with van der Waals surface area (Å²) in [5.74, 6) is -0.996. The Hall–Kier alpha value is -5.49. The van der Waals surface area contributed by atoms with E-state index < -0.39 is 6.10 Å². The van der Waals surface area contributed by atoms with Gasteiger partial charge in [0.15, 0.2) is 6.10 Å². The molecule has 428 valence electrons. The van der Waals surface area contributed by atoms with Crippen LogP contribution >= 0.6 is 0 Å². The van der Waals surface area contributed by atoms with Crippen LogP contribution in [0.2, 0.25) is 0 Å². The Kier molecular flexibility index (Phi) is 58.6. The van der Waals surface area contributed by atoms with Crippen LogP contribution in [-0.2, 0) is 28.6 Å². The molecular weight excluding hydrogens is 949 g/mol. The zero-order valence-electron chi connectivity index (χ0n) is 48.9. The van der Waals surface area contributed by atoms with E-state index in [1.54, 1.807) is 0 Å². The van der Waals surface area contributed by atoms with Gasteiger partial charge < -0.3 is 14.2 Å². The lowest BCUT2D eigenvalue weighted by atomic mass is 10.1. The molecule has 0 saturated heterocycles. The molecule has 0 spiro atoms. The fraction of sp³-hybridized carbons (Fsp3) is 0.535. The third kappa shape index (κ3) is 61.2. The Morgan fingerprint density at radius 2 is 0.506 bits per heavy atom. The van der Waals surface area contributed by atoms with Gasteiger partial charge in [-0.05, 0) is 141 Å². The smallest absolute Gasteiger partial charge is 0.306 e. The van der Waals surface area contributed by atoms with Crippen LogP contribution in [0.15, 0.2) is 182 Å². The summed E-state index contributed by atoms with van der Waals surface area (Å²) < 4.78 is 16.7. The van der Waals surface area contributed by atoms with Crippen molar-refractivity contribution in [2.45, 2.75) is 232 Å². The lowest BCUT2D eigenvalue weighted by molar-refractivity contribution is -0.167. The first-order valence-electron chi connectivity index (χ1n) is 30.3. The molecule has 0 rings (SSSR count). The van der Waals surface area contributed by atoms with Crippen molar-refractivity contribution >= 4 is 17.9 Å². The summed E-state index contributed by atoms with van der Waals surface area (Å²) in [6.45, 7) is 6.25. The maximum Gasteiger partial charge on any atom is 0.306 e. The van der Waals surface area contributed by atoms with Gasteiger partial charge in [0.1, 0.15) is 13.2 Å². The van der Waals surface area contributed by atoms with Crippen molar-refractivity contribution in [1.29, 1.82) is 0 Å². The van der Waals surface area contributed by atoms with E-state index in [0.29, 0.717) is 19.3 Å². The molecule has 77 heavy (non-hydrogen) atoms. The van der Waals surface area contributed by atoms with Gasteiger partial charge in [-0.15, -0.1) is 0 Å². The molecule has 0 fully saturated rings. The molecule has 0 aliphatic carbocycles. The van der Waals surface area contributed by atoms with Gasteiger partial charge in [-0.1, -0.05) is 248 Å². The quantitative estimate of drug-likeness (QED) is 0.0261. The van der Waals surface area contributed by atoms with E-state index >= 15 is 0 Å². The number of carbonyl (C=O) groups excluding carboxylic acids is 3. The van der Waals surface area contributed by atoms with Gasteiger partial charge >= 0.3 is 17.9 Å². The van der Waals surface area contributed by atoms with Crippen LogP contribution < -0.4 is 0 Å². The molecule has 1 unspecified atom stereocenters. The monoisotopic (exact) mass is 1060 g/mol. The Morgan fingerprint density at radius 3 is 0.792 bits per heavy atom. The summed E-state index contributed by atoms with van der Waals surface area (Å²) in [5, 5.41) is 0. The third-order valence-corrected chi connectivity index (χ3v) is 11.9. The number of unbranched alkanes of at least 4 members (excludes halogenated alkanes) is 11. The van der Waals surface area contributed by atoms with E-state index in [1.165, 1.54) is 0 Å².